The molecule has 0 radical (unpaired) electrons. The van der Waals surface area contributed by atoms with Crippen LogP contribution in [0.15, 0.2) is 0 Å². The molecule has 0 aromatic rings. The van der Waals surface area contributed by atoms with Crippen molar-refractivity contribution in [3.05, 3.63) is 0 Å². The fourth-order valence-electron chi connectivity index (χ4n) is 13.3. The summed E-state index contributed by atoms with van der Waals surface area (Å²) >= 11 is 0. The van der Waals surface area contributed by atoms with Crippen molar-refractivity contribution in [2.75, 3.05) is 19.8 Å². The van der Waals surface area contributed by atoms with Gasteiger partial charge in [-0.15, -0.1) is 0 Å². The summed E-state index contributed by atoms with van der Waals surface area (Å²) in [7, 11) is 0. The van der Waals surface area contributed by atoms with E-state index in [1.54, 1.807) is 41.5 Å². The lowest BCUT2D eigenvalue weighted by Gasteiger charge is -2.36. The van der Waals surface area contributed by atoms with Gasteiger partial charge in [-0.3, -0.25) is 105 Å². The third-order valence-corrected chi connectivity index (χ3v) is 21.5. The van der Waals surface area contributed by atoms with Crippen molar-refractivity contribution in [2.45, 2.75) is 375 Å². The Morgan fingerprint density at radius 3 is 0.985 bits per heavy atom. The fraction of sp³-hybridized carbons (Fsp3) is 0.747. The van der Waals surface area contributed by atoms with Crippen LogP contribution in [0.25, 0.3) is 0 Å². The van der Waals surface area contributed by atoms with Crippen LogP contribution in [0.4, 0.5) is 0 Å². The molecular weight excluding hydrogens is 1740 g/mol. The summed E-state index contributed by atoms with van der Waals surface area (Å²) in [6, 6.07) is -13.7. The molecule has 10 atom stereocenters. The molecule has 0 spiro atoms. The van der Waals surface area contributed by atoms with Gasteiger partial charge in [0.15, 0.2) is 0 Å². The first-order valence-electron chi connectivity index (χ1n) is 44.5. The van der Waals surface area contributed by atoms with Crippen LogP contribution in [-0.2, 0) is 105 Å². The van der Waals surface area contributed by atoms with E-state index in [1.807, 2.05) is 13.8 Å². The largest absolute Gasteiger partial charge is 0.394 e. The smallest absolute Gasteiger partial charge is 0.248 e. The maximum atomic E-state index is 14.6. The van der Waals surface area contributed by atoms with E-state index in [9.17, 15) is 116 Å². The van der Waals surface area contributed by atoms with Crippen LogP contribution in [0.2, 0.25) is 0 Å². The number of aliphatic hydroxyl groups excluding tert-OH is 2. The minimum atomic E-state index is -1.96. The van der Waals surface area contributed by atoms with Crippen LogP contribution < -0.4 is 113 Å². The Balaban J connectivity index is 3.32. The van der Waals surface area contributed by atoms with Crippen molar-refractivity contribution in [1.82, 2.24) is 101 Å². The monoisotopic (exact) mass is 1890 g/mol. The zero-order valence-corrected chi connectivity index (χ0v) is 82.5. The molecule has 1 fully saturated rings. The van der Waals surface area contributed by atoms with Gasteiger partial charge in [0.05, 0.1) is 19.3 Å². The Kier molecular flexibility index (Phi) is 44.7. The van der Waals surface area contributed by atoms with Crippen molar-refractivity contribution in [3.63, 3.8) is 0 Å². The number of carbonyl (C=O) groups excluding carboxylic acids is 22. The number of carbonyl (C=O) groups is 22. The van der Waals surface area contributed by atoms with Crippen molar-refractivity contribution in [1.29, 1.82) is 0 Å². The number of hydrogen-bond donors (Lipinski definition) is 23. The predicted molar refractivity (Wildman–Crippen MR) is 486 cm³/mol. The van der Waals surface area contributed by atoms with E-state index in [0.29, 0.717) is 6.42 Å². The van der Waals surface area contributed by atoms with E-state index in [1.165, 1.54) is 143 Å². The van der Waals surface area contributed by atoms with Crippen LogP contribution >= 0.6 is 0 Å². The van der Waals surface area contributed by atoms with E-state index >= 15 is 0 Å². The highest BCUT2D eigenvalue weighted by atomic mass is 16.3. The standard InChI is InChI=1S/C87H152N22O24/c1-43(2)38-49(41-110)92-62(117)50(31-34-57(88)113)93-63(118)51(32-35-58(89)114)96-71(126)80(13,14)106-76(131)85(23,24)104-69(124)60(46(7)8)99-68(123)56-30-29-37-109(56)78(133)87(27,28)103-67(122)54(40-45(5)6)95-65(120)55(42-111)98-73(128)82(17,18)107-77(132)86(25,26)108-75(130)84(21,22)102-66(121)52(33-36-59(90)115)94-64(119)53(39-44(3)4)97-72(127)81(15,16)105-74(129)83(19,20)101-61(116)47(9)91-70(125)79(11,12)100-48(10)112/h43-47,49-56,60,110-111H,29-42H2,1-28H3,(H2,88,113)(H2,89,114)(H2,90,115)(H,91,125)(H,92,117)(H,93,118)(H,94,119)(H,95,120)(H,96,126)(H,97,127)(H,98,128)(H,99,123)(H,100,112)(H,101,116)(H,102,121)(H,103,122)(H,104,124)(H,105,129)(H,106,131)(H,107,132)(H,108,130)/t47-,49-,50-,51-,52-,53-,54-,55-,56-,60-/m0/s1. The first kappa shape index (κ1) is 119. The highest BCUT2D eigenvalue weighted by Crippen LogP contribution is 2.25. The summed E-state index contributed by atoms with van der Waals surface area (Å²) in [6.07, 6.45) is -1.75. The molecule has 22 amide bonds. The lowest BCUT2D eigenvalue weighted by atomic mass is 9.95. The molecule has 133 heavy (non-hydrogen) atoms. The second-order valence-electron chi connectivity index (χ2n) is 40.4. The number of amides is 22. The number of rotatable bonds is 54. The van der Waals surface area contributed by atoms with Gasteiger partial charge in [-0.2, -0.15) is 0 Å². The van der Waals surface area contributed by atoms with Crippen LogP contribution in [0, 0.1) is 23.7 Å². The number of nitrogens with two attached hydrogens (primary N) is 3. The molecule has 46 nitrogen and oxygen atoms in total. The molecule has 0 saturated carbocycles. The zero-order chi connectivity index (χ0) is 103. The topological polar surface area (TPSA) is 714 Å². The molecule has 0 aliphatic carbocycles. The van der Waals surface area contributed by atoms with Gasteiger partial charge in [0, 0.05) is 32.7 Å². The Bertz CT molecular complexity index is 4270. The third kappa shape index (κ3) is 38.8. The van der Waals surface area contributed by atoms with E-state index in [4.69, 9.17) is 17.2 Å². The van der Waals surface area contributed by atoms with Crippen LogP contribution in [0.3, 0.4) is 0 Å². The molecule has 0 aromatic carbocycles. The SMILES string of the molecule is CC(=O)NC(C)(C)C(=O)N[C@@H](C)C(=O)NC(C)(C)C(=O)NC(C)(C)C(=O)N[C@@H](CC(C)C)C(=O)N[C@@H](CCC(N)=O)C(=O)NC(C)(C)C(=O)NC(C)(C)C(=O)NC(C)(C)C(=O)N[C@@H](CO)C(=O)N[C@@H](CC(C)C)C(=O)NC(C)(C)C(=O)N1CCC[C@H]1C(=O)N[C@H](C(=O)NC(C)(C)C(=O)NC(C)(C)C(=O)N[C@@H](CCC(N)=O)C(=O)N[C@@H](CCC(N)=O)C(=O)N[C@H](CO)CC(C)C)C(C)C. The molecule has 0 aromatic heterocycles. The van der Waals surface area contributed by atoms with Gasteiger partial charge in [-0.25, -0.2) is 0 Å². The quantitative estimate of drug-likeness (QED) is 0.0271. The highest BCUT2D eigenvalue weighted by Gasteiger charge is 2.49. The van der Waals surface area contributed by atoms with Crippen LogP contribution in [0.1, 0.15) is 264 Å². The maximum absolute atomic E-state index is 14.6. The fourth-order valence-corrected chi connectivity index (χ4v) is 13.3. The molecule has 1 aliphatic heterocycles. The molecule has 26 N–H and O–H groups in total. The molecular formula is C87H152N22O24. The Hall–Kier alpha value is -11.7. The number of aliphatic hydroxyl groups is 2. The van der Waals surface area contributed by atoms with Crippen LogP contribution in [0.5, 0.6) is 0 Å². The molecule has 46 heteroatoms. The minimum absolute atomic E-state index is 0.00410. The van der Waals surface area contributed by atoms with Gasteiger partial charge in [0.1, 0.15) is 104 Å². The van der Waals surface area contributed by atoms with Gasteiger partial charge in [-0.05, 0) is 207 Å². The van der Waals surface area contributed by atoms with Crippen molar-refractivity contribution in [2.24, 2.45) is 40.9 Å². The molecule has 754 valence electrons. The van der Waals surface area contributed by atoms with Crippen LogP contribution in [-0.4, -0.2) is 275 Å². The van der Waals surface area contributed by atoms with E-state index in [-0.39, 0.29) is 69.2 Å². The molecule has 1 rings (SSSR count). The summed E-state index contributed by atoms with van der Waals surface area (Å²) in [5.41, 5.74) is -0.0872. The first-order valence-corrected chi connectivity index (χ1v) is 44.5. The van der Waals surface area contributed by atoms with Gasteiger partial charge in [0.25, 0.3) is 0 Å². The Labute approximate surface area is 778 Å². The lowest BCUT2D eigenvalue weighted by molar-refractivity contribution is -0.146. The molecule has 0 unspecified atom stereocenters. The Morgan fingerprint density at radius 1 is 0.316 bits per heavy atom. The number of primary amides is 3. The summed E-state index contributed by atoms with van der Waals surface area (Å²) < 4.78 is 0. The Morgan fingerprint density at radius 2 is 0.609 bits per heavy atom. The first-order chi connectivity index (χ1) is 60.5. The molecule has 1 saturated heterocycles. The van der Waals surface area contributed by atoms with Crippen molar-refractivity contribution >= 4 is 130 Å². The number of nitrogens with one attached hydrogen (secondary N) is 18. The van der Waals surface area contributed by atoms with E-state index < -0.39 is 279 Å². The second kappa shape index (κ2) is 49.8. The summed E-state index contributed by atoms with van der Waals surface area (Å²) in [5, 5.41) is 66.0. The molecule has 1 heterocycles. The lowest BCUT2D eigenvalue weighted by Crippen LogP contribution is -2.68. The predicted octanol–water partition coefficient (Wildman–Crippen LogP) is -4.99. The molecule has 1 aliphatic rings. The average molecular weight is 1890 g/mol. The minimum Gasteiger partial charge on any atom is -0.394 e. The van der Waals surface area contributed by atoms with Crippen molar-refractivity contribution in [3.8, 4) is 0 Å². The van der Waals surface area contributed by atoms with Gasteiger partial charge in [0.2, 0.25) is 130 Å². The third-order valence-electron chi connectivity index (χ3n) is 21.5. The second-order valence-corrected chi connectivity index (χ2v) is 40.4. The average Bonchev–Trinajstić information content (AvgIpc) is 1.79. The number of nitrogens with zero attached hydrogens (tertiary/aromatic N) is 1. The normalized spacial score (nSPS) is 15.4. The van der Waals surface area contributed by atoms with Gasteiger partial charge >= 0.3 is 0 Å². The summed E-state index contributed by atoms with van der Waals surface area (Å²) in [4.78, 5) is 301. The van der Waals surface area contributed by atoms with E-state index in [2.05, 4.69) is 95.7 Å². The number of likely N-dealkylation sites (tertiary alicyclic amines) is 1. The molecule has 0 bridgehead atoms. The van der Waals surface area contributed by atoms with Gasteiger partial charge < -0.3 is 128 Å². The summed E-state index contributed by atoms with van der Waals surface area (Å²) in [6.45, 7) is 38.2. The number of hydrogen-bond acceptors (Lipinski definition) is 24. The summed E-state index contributed by atoms with van der Waals surface area (Å²) in [5.74, 6) is -20.7. The van der Waals surface area contributed by atoms with E-state index in [0.717, 1.165) is 0 Å². The zero-order valence-electron chi connectivity index (χ0n) is 82.5. The highest BCUT2D eigenvalue weighted by molar-refractivity contribution is 6.05. The van der Waals surface area contributed by atoms with Gasteiger partial charge in [-0.1, -0.05) is 55.4 Å². The maximum Gasteiger partial charge on any atom is 0.248 e. The van der Waals surface area contributed by atoms with Crippen molar-refractivity contribution < 1.29 is 116 Å².